The molecule has 3 rings (SSSR count). The molecule has 0 unspecified atom stereocenters. The summed E-state index contributed by atoms with van der Waals surface area (Å²) in [5.41, 5.74) is 2.59. The Kier molecular flexibility index (Phi) is 5.07. The smallest absolute Gasteiger partial charge is 0.270 e. The van der Waals surface area contributed by atoms with Crippen molar-refractivity contribution in [3.63, 3.8) is 0 Å². The van der Waals surface area contributed by atoms with Crippen LogP contribution in [0.2, 0.25) is 0 Å². The molecule has 6 nitrogen and oxygen atoms in total. The van der Waals surface area contributed by atoms with Crippen LogP contribution in [0.15, 0.2) is 36.5 Å². The molecular weight excluding hydrogens is 318 g/mol. The van der Waals surface area contributed by atoms with E-state index in [1.165, 1.54) is 0 Å². The lowest BCUT2D eigenvalue weighted by molar-refractivity contribution is -0.131. The average Bonchev–Trinajstić information content (AvgIpc) is 3.16. The largest absolute Gasteiger partial charge is 0.496 e. The molecule has 1 fully saturated rings. The van der Waals surface area contributed by atoms with Crippen molar-refractivity contribution in [1.82, 2.24) is 14.8 Å². The topological polar surface area (TPSA) is 65.6 Å². The molecule has 0 spiro atoms. The van der Waals surface area contributed by atoms with Crippen molar-refractivity contribution in [1.29, 1.82) is 0 Å². The fraction of sp³-hybridized carbons (Fsp3) is 0.368. The lowest BCUT2D eigenvalue weighted by atomic mass is 10.1. The van der Waals surface area contributed by atoms with Crippen molar-refractivity contribution < 1.29 is 14.3 Å². The van der Waals surface area contributed by atoms with Crippen LogP contribution in [-0.4, -0.2) is 59.9 Å². The number of benzene rings is 1. The van der Waals surface area contributed by atoms with Gasteiger partial charge in [0.1, 0.15) is 11.4 Å². The molecule has 1 aliphatic heterocycles. The molecule has 2 amide bonds. The number of aromatic nitrogens is 1. The zero-order valence-corrected chi connectivity index (χ0v) is 14.6. The van der Waals surface area contributed by atoms with Crippen LogP contribution in [0.25, 0.3) is 0 Å². The minimum atomic E-state index is -0.0162. The Morgan fingerprint density at radius 3 is 2.48 bits per heavy atom. The lowest BCUT2D eigenvalue weighted by Gasteiger charge is -2.34. The summed E-state index contributed by atoms with van der Waals surface area (Å²) in [7, 11) is 1.61. The first kappa shape index (κ1) is 17.1. The van der Waals surface area contributed by atoms with Gasteiger partial charge in [-0.25, -0.2) is 0 Å². The van der Waals surface area contributed by atoms with Gasteiger partial charge in [-0.15, -0.1) is 0 Å². The fourth-order valence-corrected chi connectivity index (χ4v) is 3.11. The van der Waals surface area contributed by atoms with Crippen LogP contribution in [0, 0.1) is 6.92 Å². The van der Waals surface area contributed by atoms with Gasteiger partial charge in [0.15, 0.2) is 0 Å². The first-order valence-corrected chi connectivity index (χ1v) is 8.42. The molecule has 1 saturated heterocycles. The third kappa shape index (κ3) is 3.84. The molecule has 1 aromatic heterocycles. The molecule has 1 N–H and O–H groups in total. The molecule has 0 radical (unpaired) electrons. The second-order valence-corrected chi connectivity index (χ2v) is 6.25. The zero-order chi connectivity index (χ0) is 17.8. The van der Waals surface area contributed by atoms with Gasteiger partial charge in [0, 0.05) is 37.9 Å². The van der Waals surface area contributed by atoms with E-state index in [1.54, 1.807) is 24.3 Å². The van der Waals surface area contributed by atoms with E-state index in [9.17, 15) is 9.59 Å². The summed E-state index contributed by atoms with van der Waals surface area (Å²) in [4.78, 5) is 31.5. The van der Waals surface area contributed by atoms with Crippen LogP contribution in [0.5, 0.6) is 5.75 Å². The zero-order valence-electron chi connectivity index (χ0n) is 14.6. The number of amides is 2. The second-order valence-electron chi connectivity index (χ2n) is 6.25. The SMILES string of the molecule is COc1ccc(C)cc1CC(=O)N1CCN(C(=O)c2ccc[nH]2)CC1. The van der Waals surface area contributed by atoms with E-state index in [2.05, 4.69) is 4.98 Å². The standard InChI is InChI=1S/C19H23N3O3/c1-14-5-6-17(25-2)15(12-14)13-18(23)21-8-10-22(11-9-21)19(24)16-4-3-7-20-16/h3-7,12,20H,8-11,13H2,1-2H3. The number of piperazine rings is 1. The van der Waals surface area contributed by atoms with Crippen molar-refractivity contribution in [2.75, 3.05) is 33.3 Å². The molecule has 25 heavy (non-hydrogen) atoms. The van der Waals surface area contributed by atoms with Crippen molar-refractivity contribution in [3.05, 3.63) is 53.3 Å². The van der Waals surface area contributed by atoms with E-state index in [4.69, 9.17) is 4.74 Å². The number of H-pyrrole nitrogens is 1. The van der Waals surface area contributed by atoms with E-state index >= 15 is 0 Å². The Labute approximate surface area is 147 Å². The monoisotopic (exact) mass is 341 g/mol. The van der Waals surface area contributed by atoms with E-state index < -0.39 is 0 Å². The molecule has 0 saturated carbocycles. The summed E-state index contributed by atoms with van der Waals surface area (Å²) in [5, 5.41) is 0. The molecule has 132 valence electrons. The number of rotatable bonds is 4. The molecule has 1 aromatic carbocycles. The van der Waals surface area contributed by atoms with Gasteiger partial charge in [-0.2, -0.15) is 0 Å². The molecule has 2 aromatic rings. The van der Waals surface area contributed by atoms with E-state index in [-0.39, 0.29) is 11.8 Å². The summed E-state index contributed by atoms with van der Waals surface area (Å²) in [6.07, 6.45) is 2.05. The highest BCUT2D eigenvalue weighted by molar-refractivity contribution is 5.92. The number of carbonyl (C=O) groups is 2. The summed E-state index contributed by atoms with van der Waals surface area (Å²) in [6.45, 7) is 4.21. The number of aryl methyl sites for hydroxylation is 1. The van der Waals surface area contributed by atoms with Crippen LogP contribution < -0.4 is 4.74 Å². The summed E-state index contributed by atoms with van der Waals surface area (Å²) < 4.78 is 5.35. The van der Waals surface area contributed by atoms with Gasteiger partial charge < -0.3 is 19.5 Å². The van der Waals surface area contributed by atoms with Crippen molar-refractivity contribution in [2.24, 2.45) is 0 Å². The van der Waals surface area contributed by atoms with Crippen LogP contribution in [0.4, 0.5) is 0 Å². The Morgan fingerprint density at radius 1 is 1.12 bits per heavy atom. The summed E-state index contributed by atoms with van der Waals surface area (Å²) >= 11 is 0. The van der Waals surface area contributed by atoms with Gasteiger partial charge in [-0.1, -0.05) is 17.7 Å². The van der Waals surface area contributed by atoms with E-state index in [0.29, 0.717) is 38.3 Å². The maximum atomic E-state index is 12.6. The summed E-state index contributed by atoms with van der Waals surface area (Å²) in [5.74, 6) is 0.785. The Bertz CT molecular complexity index is 747. The van der Waals surface area contributed by atoms with Gasteiger partial charge in [-0.05, 0) is 25.1 Å². The molecular formula is C19H23N3O3. The van der Waals surface area contributed by atoms with Crippen LogP contribution in [0.1, 0.15) is 21.6 Å². The van der Waals surface area contributed by atoms with Gasteiger partial charge in [0.2, 0.25) is 5.91 Å². The number of hydrogen-bond donors (Lipinski definition) is 1. The minimum Gasteiger partial charge on any atom is -0.496 e. The highest BCUT2D eigenvalue weighted by Gasteiger charge is 2.25. The first-order valence-electron chi connectivity index (χ1n) is 8.42. The summed E-state index contributed by atoms with van der Waals surface area (Å²) in [6, 6.07) is 9.43. The van der Waals surface area contributed by atoms with Gasteiger partial charge >= 0.3 is 0 Å². The fourth-order valence-electron chi connectivity index (χ4n) is 3.11. The van der Waals surface area contributed by atoms with Crippen LogP contribution >= 0.6 is 0 Å². The van der Waals surface area contributed by atoms with E-state index in [1.807, 2.05) is 36.1 Å². The second kappa shape index (κ2) is 7.42. The van der Waals surface area contributed by atoms with Crippen molar-refractivity contribution in [3.8, 4) is 5.75 Å². The predicted octanol–water partition coefficient (Wildman–Crippen LogP) is 1.86. The van der Waals surface area contributed by atoms with Crippen molar-refractivity contribution in [2.45, 2.75) is 13.3 Å². The van der Waals surface area contributed by atoms with Crippen LogP contribution in [-0.2, 0) is 11.2 Å². The molecule has 2 heterocycles. The van der Waals surface area contributed by atoms with Crippen LogP contribution in [0.3, 0.4) is 0 Å². The van der Waals surface area contributed by atoms with Gasteiger partial charge in [-0.3, -0.25) is 9.59 Å². The predicted molar refractivity (Wildman–Crippen MR) is 94.7 cm³/mol. The maximum Gasteiger partial charge on any atom is 0.270 e. The molecule has 6 heteroatoms. The molecule has 1 aliphatic rings. The number of nitrogens with one attached hydrogen (secondary N) is 1. The number of ether oxygens (including phenoxy) is 1. The molecule has 0 aliphatic carbocycles. The Morgan fingerprint density at radius 2 is 1.84 bits per heavy atom. The van der Waals surface area contributed by atoms with E-state index in [0.717, 1.165) is 16.9 Å². The maximum absolute atomic E-state index is 12.6. The highest BCUT2D eigenvalue weighted by atomic mass is 16.5. The first-order chi connectivity index (χ1) is 12.1. The van der Waals surface area contributed by atoms with Gasteiger partial charge in [0.05, 0.1) is 13.5 Å². The highest BCUT2D eigenvalue weighted by Crippen LogP contribution is 2.21. The Hall–Kier alpha value is -2.76. The van der Waals surface area contributed by atoms with Crippen molar-refractivity contribution >= 4 is 11.8 Å². The normalized spacial score (nSPS) is 14.5. The molecule has 0 bridgehead atoms. The quantitative estimate of drug-likeness (QED) is 0.923. The average molecular weight is 341 g/mol. The van der Waals surface area contributed by atoms with Gasteiger partial charge in [0.25, 0.3) is 5.91 Å². The minimum absolute atomic E-state index is 0.0162. The number of carbonyl (C=O) groups excluding carboxylic acids is 2. The lowest BCUT2D eigenvalue weighted by Crippen LogP contribution is -2.51. The third-order valence-electron chi connectivity index (χ3n) is 4.53. The number of methoxy groups -OCH3 is 1. The molecule has 0 atom stereocenters. The Balaban J connectivity index is 1.59. The number of aromatic amines is 1. The number of hydrogen-bond acceptors (Lipinski definition) is 3. The number of nitrogens with zero attached hydrogens (tertiary/aromatic N) is 2. The third-order valence-corrected chi connectivity index (χ3v) is 4.53.